The number of carbonyl (C=O) groups is 4. The van der Waals surface area contributed by atoms with Gasteiger partial charge in [-0.2, -0.15) is 0 Å². The summed E-state index contributed by atoms with van der Waals surface area (Å²) < 4.78 is 0. The van der Waals surface area contributed by atoms with E-state index in [4.69, 9.17) is 0 Å². The number of hydrogen-bond donors (Lipinski definition) is 2. The van der Waals surface area contributed by atoms with Crippen LogP contribution >= 0.6 is 0 Å². The van der Waals surface area contributed by atoms with Crippen molar-refractivity contribution in [1.82, 2.24) is 20.4 Å². The van der Waals surface area contributed by atoms with Crippen LogP contribution in [0.4, 0.5) is 0 Å². The highest BCUT2D eigenvalue weighted by Gasteiger charge is 2.44. The molecule has 2 saturated heterocycles. The van der Waals surface area contributed by atoms with Crippen molar-refractivity contribution >= 4 is 23.6 Å². The van der Waals surface area contributed by atoms with Gasteiger partial charge in [0, 0.05) is 38.6 Å². The van der Waals surface area contributed by atoms with Crippen molar-refractivity contribution < 1.29 is 19.2 Å². The van der Waals surface area contributed by atoms with E-state index < -0.39 is 23.8 Å². The first-order valence-electron chi connectivity index (χ1n) is 10.9. The Morgan fingerprint density at radius 3 is 2.47 bits per heavy atom. The van der Waals surface area contributed by atoms with Gasteiger partial charge in [-0.15, -0.1) is 0 Å². The summed E-state index contributed by atoms with van der Waals surface area (Å²) in [5, 5.41) is 5.67. The van der Waals surface area contributed by atoms with E-state index in [1.54, 1.807) is 12.1 Å². The van der Waals surface area contributed by atoms with Gasteiger partial charge in [0.15, 0.2) is 0 Å². The fraction of sp³-hybridized carbons (Fsp3) is 0.333. The molecule has 0 bridgehead atoms. The lowest BCUT2D eigenvalue weighted by atomic mass is 10.0. The molecule has 8 nitrogen and oxygen atoms in total. The van der Waals surface area contributed by atoms with Crippen LogP contribution < -0.4 is 10.6 Å². The lowest BCUT2D eigenvalue weighted by Gasteiger charge is -2.36. The molecule has 3 aliphatic rings. The van der Waals surface area contributed by atoms with Crippen LogP contribution in [0.2, 0.25) is 0 Å². The molecule has 2 N–H and O–H groups in total. The first-order chi connectivity index (χ1) is 15.5. The molecule has 0 aliphatic carbocycles. The van der Waals surface area contributed by atoms with Crippen molar-refractivity contribution in [3.63, 3.8) is 0 Å². The minimum absolute atomic E-state index is 0.110. The average Bonchev–Trinajstić information content (AvgIpc) is 3.05. The molecule has 0 saturated carbocycles. The number of benzene rings is 2. The number of fused-ring (bicyclic) bond motifs is 1. The van der Waals surface area contributed by atoms with Gasteiger partial charge in [0.25, 0.3) is 11.8 Å². The maximum atomic E-state index is 13.1. The zero-order chi connectivity index (χ0) is 22.2. The molecule has 0 radical (unpaired) electrons. The molecule has 0 spiro atoms. The third-order valence-corrected chi connectivity index (χ3v) is 6.43. The largest absolute Gasteiger partial charge is 0.314 e. The number of amides is 4. The van der Waals surface area contributed by atoms with Gasteiger partial charge in [-0.25, -0.2) is 0 Å². The first kappa shape index (κ1) is 20.5. The summed E-state index contributed by atoms with van der Waals surface area (Å²) in [6, 6.07) is 14.9. The van der Waals surface area contributed by atoms with Crippen molar-refractivity contribution in [3.05, 3.63) is 70.8 Å². The Hall–Kier alpha value is -3.36. The van der Waals surface area contributed by atoms with Crippen molar-refractivity contribution in [2.45, 2.75) is 31.5 Å². The Bertz CT molecular complexity index is 1100. The van der Waals surface area contributed by atoms with Gasteiger partial charge in [-0.3, -0.25) is 34.3 Å². The highest BCUT2D eigenvalue weighted by atomic mass is 16.2. The van der Waals surface area contributed by atoms with Gasteiger partial charge >= 0.3 is 0 Å². The van der Waals surface area contributed by atoms with Gasteiger partial charge < -0.3 is 5.32 Å². The number of rotatable bonds is 4. The second-order valence-electron chi connectivity index (χ2n) is 8.43. The molecule has 2 aromatic rings. The zero-order valence-corrected chi connectivity index (χ0v) is 17.5. The number of carbonyl (C=O) groups excluding carboxylic acids is 4. The number of piperidine rings is 1. The standard InChI is InChI=1S/C24H24N4O4/c29-21-9-8-19(22(30)26-21)28-23(31)17-7-6-15(12-18(17)24(28)32)14-27-11-10-25-13-20(27)16-4-2-1-3-5-16/h1-7,12,19-20,25H,8-11,13-14H2,(H,26,29,30). The van der Waals surface area contributed by atoms with Crippen LogP contribution in [0.25, 0.3) is 0 Å². The van der Waals surface area contributed by atoms with Crippen molar-refractivity contribution in [3.8, 4) is 0 Å². The van der Waals surface area contributed by atoms with Gasteiger partial charge in [-0.05, 0) is 29.7 Å². The molecule has 2 fully saturated rings. The minimum Gasteiger partial charge on any atom is -0.314 e. The summed E-state index contributed by atoms with van der Waals surface area (Å²) in [6.07, 6.45) is 0.265. The van der Waals surface area contributed by atoms with E-state index in [0.717, 1.165) is 30.1 Å². The van der Waals surface area contributed by atoms with E-state index in [1.165, 1.54) is 5.56 Å². The molecule has 2 aromatic carbocycles. The lowest BCUT2D eigenvalue weighted by molar-refractivity contribution is -0.136. The second kappa shape index (κ2) is 8.29. The number of nitrogens with one attached hydrogen (secondary N) is 2. The van der Waals surface area contributed by atoms with E-state index in [1.807, 2.05) is 24.3 Å². The Labute approximate surface area is 185 Å². The van der Waals surface area contributed by atoms with E-state index in [2.05, 4.69) is 27.7 Å². The monoisotopic (exact) mass is 432 g/mol. The smallest absolute Gasteiger partial charge is 0.262 e. The summed E-state index contributed by atoms with van der Waals surface area (Å²) in [7, 11) is 0. The molecule has 2 unspecified atom stereocenters. The lowest BCUT2D eigenvalue weighted by Crippen LogP contribution is -2.54. The number of hydrogen-bond acceptors (Lipinski definition) is 6. The normalized spacial score (nSPS) is 23.9. The third kappa shape index (κ3) is 3.61. The molecule has 3 heterocycles. The van der Waals surface area contributed by atoms with Gasteiger partial charge in [0.05, 0.1) is 11.1 Å². The molecule has 3 aliphatic heterocycles. The summed E-state index contributed by atoms with van der Waals surface area (Å²) >= 11 is 0. The molecule has 2 atom stereocenters. The van der Waals surface area contributed by atoms with Crippen LogP contribution in [0.5, 0.6) is 0 Å². The van der Waals surface area contributed by atoms with Crippen LogP contribution in [-0.4, -0.2) is 59.1 Å². The molecular formula is C24H24N4O4. The predicted molar refractivity (Wildman–Crippen MR) is 116 cm³/mol. The highest BCUT2D eigenvalue weighted by Crippen LogP contribution is 2.30. The zero-order valence-electron chi connectivity index (χ0n) is 17.5. The molecule has 0 aromatic heterocycles. The summed E-state index contributed by atoms with van der Waals surface area (Å²) in [6.45, 7) is 3.24. The predicted octanol–water partition coefficient (Wildman–Crippen LogP) is 1.23. The Balaban J connectivity index is 1.38. The topological polar surface area (TPSA) is 98.8 Å². The Kier molecular flexibility index (Phi) is 5.32. The van der Waals surface area contributed by atoms with Crippen LogP contribution in [-0.2, 0) is 16.1 Å². The molecular weight excluding hydrogens is 408 g/mol. The van der Waals surface area contributed by atoms with Crippen molar-refractivity contribution in [2.75, 3.05) is 19.6 Å². The Morgan fingerprint density at radius 2 is 1.69 bits per heavy atom. The SMILES string of the molecule is O=C1CCC(N2C(=O)c3ccc(CN4CCNCC4c4ccccc4)cc3C2=O)C(=O)N1. The van der Waals surface area contributed by atoms with E-state index in [0.29, 0.717) is 17.7 Å². The highest BCUT2D eigenvalue weighted by molar-refractivity contribution is 6.23. The maximum absolute atomic E-state index is 13.1. The van der Waals surface area contributed by atoms with E-state index in [-0.39, 0.29) is 24.8 Å². The van der Waals surface area contributed by atoms with Crippen LogP contribution in [0.1, 0.15) is 50.7 Å². The fourth-order valence-electron chi connectivity index (χ4n) is 4.79. The molecule has 8 heteroatoms. The quantitative estimate of drug-likeness (QED) is 0.706. The average molecular weight is 432 g/mol. The van der Waals surface area contributed by atoms with Crippen molar-refractivity contribution in [2.24, 2.45) is 0 Å². The third-order valence-electron chi connectivity index (χ3n) is 6.43. The number of piperazine rings is 1. The fourth-order valence-corrected chi connectivity index (χ4v) is 4.79. The molecule has 5 rings (SSSR count). The molecule has 32 heavy (non-hydrogen) atoms. The van der Waals surface area contributed by atoms with Crippen molar-refractivity contribution in [1.29, 1.82) is 0 Å². The summed E-state index contributed by atoms with van der Waals surface area (Å²) in [5.41, 5.74) is 2.81. The van der Waals surface area contributed by atoms with Crippen LogP contribution in [0, 0.1) is 0 Å². The van der Waals surface area contributed by atoms with Crippen LogP contribution in [0.15, 0.2) is 48.5 Å². The van der Waals surface area contributed by atoms with Gasteiger partial charge in [0.2, 0.25) is 11.8 Å². The maximum Gasteiger partial charge on any atom is 0.262 e. The number of nitrogens with zero attached hydrogens (tertiary/aromatic N) is 2. The summed E-state index contributed by atoms with van der Waals surface area (Å²) in [5.74, 6) is -1.92. The first-order valence-corrected chi connectivity index (χ1v) is 10.9. The van der Waals surface area contributed by atoms with E-state index >= 15 is 0 Å². The van der Waals surface area contributed by atoms with Crippen LogP contribution in [0.3, 0.4) is 0 Å². The van der Waals surface area contributed by atoms with E-state index in [9.17, 15) is 19.2 Å². The number of imide groups is 2. The Morgan fingerprint density at radius 1 is 0.906 bits per heavy atom. The second-order valence-corrected chi connectivity index (χ2v) is 8.43. The van der Waals surface area contributed by atoms with Gasteiger partial charge in [0.1, 0.15) is 6.04 Å². The molecule has 164 valence electrons. The minimum atomic E-state index is -0.945. The van der Waals surface area contributed by atoms with Gasteiger partial charge in [-0.1, -0.05) is 36.4 Å². The molecule has 4 amide bonds. The summed E-state index contributed by atoms with van der Waals surface area (Å²) in [4.78, 5) is 53.0.